The molecule has 3 rings (SSSR count). The lowest BCUT2D eigenvalue weighted by Crippen LogP contribution is -2.56. The molecule has 0 unspecified atom stereocenters. The second-order valence-corrected chi connectivity index (χ2v) is 12.9. The molecule has 0 saturated carbocycles. The Labute approximate surface area is 232 Å². The minimum absolute atomic E-state index is 0.152. The Morgan fingerprint density at radius 2 is 1.41 bits per heavy atom. The Kier molecular flexibility index (Phi) is 9.56. The van der Waals surface area contributed by atoms with Crippen molar-refractivity contribution in [3.8, 4) is 0 Å². The van der Waals surface area contributed by atoms with Gasteiger partial charge in [0.05, 0.1) is 11.9 Å². The molecule has 0 radical (unpaired) electrons. The van der Waals surface area contributed by atoms with Gasteiger partial charge in [0, 0.05) is 18.5 Å². The first-order valence-electron chi connectivity index (χ1n) is 13.0. The largest absolute Gasteiger partial charge is 0.350 e. The molecule has 0 heterocycles. The van der Waals surface area contributed by atoms with Crippen molar-refractivity contribution in [2.24, 2.45) is 0 Å². The molecule has 2 amide bonds. The van der Waals surface area contributed by atoms with Crippen LogP contribution in [0, 0.1) is 13.8 Å². The van der Waals surface area contributed by atoms with E-state index >= 15 is 0 Å². The first kappa shape index (κ1) is 29.9. The molecule has 8 heteroatoms. The molecule has 0 aliphatic carbocycles. The molecule has 0 aromatic heterocycles. The summed E-state index contributed by atoms with van der Waals surface area (Å²) in [5, 5.41) is 3.02. The van der Waals surface area contributed by atoms with Crippen LogP contribution < -0.4 is 9.62 Å². The van der Waals surface area contributed by atoms with Crippen LogP contribution in [-0.4, -0.2) is 49.5 Å². The minimum Gasteiger partial charge on any atom is -0.350 e. The number of amides is 2. The second kappa shape index (κ2) is 12.5. The smallest absolute Gasteiger partial charge is 0.244 e. The van der Waals surface area contributed by atoms with Gasteiger partial charge in [0.25, 0.3) is 0 Å². The standard InChI is InChI=1S/C31H39N3O4S/c1-23-17-18-27(19-24(23)2)34(39(6,37)38)22-29(35)33(21-26-15-11-8-12-16-26)28(30(36)32-31(3,4)5)20-25-13-9-7-10-14-25/h7-19,28H,20-22H2,1-6H3,(H,32,36)/t28-/m1/s1. The summed E-state index contributed by atoms with van der Waals surface area (Å²) in [6, 6.07) is 23.4. The van der Waals surface area contributed by atoms with Crippen LogP contribution in [0.2, 0.25) is 0 Å². The van der Waals surface area contributed by atoms with Gasteiger partial charge in [-0.05, 0) is 69.0 Å². The summed E-state index contributed by atoms with van der Waals surface area (Å²) < 4.78 is 26.9. The minimum atomic E-state index is -3.80. The van der Waals surface area contributed by atoms with Gasteiger partial charge in [0.1, 0.15) is 12.6 Å². The lowest BCUT2D eigenvalue weighted by Gasteiger charge is -2.35. The molecule has 3 aromatic rings. The normalized spacial score (nSPS) is 12.5. The van der Waals surface area contributed by atoms with Crippen molar-refractivity contribution >= 4 is 27.5 Å². The third kappa shape index (κ3) is 8.68. The van der Waals surface area contributed by atoms with Crippen LogP contribution in [0.4, 0.5) is 5.69 Å². The van der Waals surface area contributed by atoms with Crippen molar-refractivity contribution in [3.63, 3.8) is 0 Å². The van der Waals surface area contributed by atoms with Crippen LogP contribution in [0.1, 0.15) is 43.0 Å². The molecule has 1 N–H and O–H groups in total. The molecule has 0 fully saturated rings. The fourth-order valence-corrected chi connectivity index (χ4v) is 5.12. The van der Waals surface area contributed by atoms with E-state index in [0.29, 0.717) is 5.69 Å². The summed E-state index contributed by atoms with van der Waals surface area (Å²) in [6.07, 6.45) is 1.37. The highest BCUT2D eigenvalue weighted by Gasteiger charge is 2.34. The predicted molar refractivity (Wildman–Crippen MR) is 157 cm³/mol. The number of nitrogens with zero attached hydrogens (tertiary/aromatic N) is 2. The maximum absolute atomic E-state index is 14.1. The summed E-state index contributed by atoms with van der Waals surface area (Å²) >= 11 is 0. The van der Waals surface area contributed by atoms with E-state index in [4.69, 9.17) is 0 Å². The second-order valence-electron chi connectivity index (χ2n) is 11.0. The molecular weight excluding hydrogens is 510 g/mol. The first-order valence-corrected chi connectivity index (χ1v) is 14.8. The number of carbonyl (C=O) groups excluding carboxylic acids is 2. The first-order chi connectivity index (χ1) is 18.2. The van der Waals surface area contributed by atoms with Crippen molar-refractivity contribution in [2.45, 2.75) is 59.2 Å². The Morgan fingerprint density at radius 1 is 0.846 bits per heavy atom. The molecular formula is C31H39N3O4S. The maximum atomic E-state index is 14.1. The fourth-order valence-electron chi connectivity index (χ4n) is 4.28. The van der Waals surface area contributed by atoms with E-state index in [1.54, 1.807) is 12.1 Å². The Morgan fingerprint density at radius 3 is 1.92 bits per heavy atom. The molecule has 0 spiro atoms. The van der Waals surface area contributed by atoms with Crippen LogP contribution in [0.5, 0.6) is 0 Å². The van der Waals surface area contributed by atoms with Crippen LogP contribution in [0.25, 0.3) is 0 Å². The van der Waals surface area contributed by atoms with Gasteiger partial charge in [-0.25, -0.2) is 8.42 Å². The maximum Gasteiger partial charge on any atom is 0.244 e. The van der Waals surface area contributed by atoms with Gasteiger partial charge in [0.2, 0.25) is 21.8 Å². The van der Waals surface area contributed by atoms with Gasteiger partial charge >= 0.3 is 0 Å². The number of benzene rings is 3. The van der Waals surface area contributed by atoms with Crippen molar-refractivity contribution in [3.05, 3.63) is 101 Å². The zero-order valence-corrected chi connectivity index (χ0v) is 24.5. The van der Waals surface area contributed by atoms with E-state index in [2.05, 4.69) is 5.32 Å². The summed E-state index contributed by atoms with van der Waals surface area (Å²) in [6.45, 7) is 9.23. The van der Waals surface area contributed by atoms with Crippen molar-refractivity contribution in [1.29, 1.82) is 0 Å². The zero-order valence-electron chi connectivity index (χ0n) is 23.6. The topological polar surface area (TPSA) is 86.8 Å². The zero-order chi connectivity index (χ0) is 28.8. The SMILES string of the molecule is Cc1ccc(N(CC(=O)N(Cc2ccccc2)[C@H](Cc2ccccc2)C(=O)NC(C)(C)C)S(C)(=O)=O)cc1C. The van der Waals surface area contributed by atoms with Gasteiger partial charge in [-0.3, -0.25) is 13.9 Å². The number of carbonyl (C=O) groups is 2. The van der Waals surface area contributed by atoms with Gasteiger partial charge in [-0.2, -0.15) is 0 Å². The van der Waals surface area contributed by atoms with Crippen LogP contribution in [0.3, 0.4) is 0 Å². The Balaban J connectivity index is 2.06. The third-order valence-electron chi connectivity index (χ3n) is 6.42. The number of rotatable bonds is 10. The van der Waals surface area contributed by atoms with Crippen LogP contribution >= 0.6 is 0 Å². The lowest BCUT2D eigenvalue weighted by atomic mass is 10.0. The van der Waals surface area contributed by atoms with Crippen LogP contribution in [0.15, 0.2) is 78.9 Å². The number of nitrogens with one attached hydrogen (secondary N) is 1. The molecule has 1 atom stereocenters. The Bertz CT molecular complexity index is 1380. The molecule has 0 bridgehead atoms. The van der Waals surface area contributed by atoms with E-state index < -0.39 is 34.1 Å². The van der Waals surface area contributed by atoms with Gasteiger partial charge in [0.15, 0.2) is 0 Å². The number of hydrogen-bond donors (Lipinski definition) is 1. The molecule has 7 nitrogen and oxygen atoms in total. The highest BCUT2D eigenvalue weighted by atomic mass is 32.2. The summed E-state index contributed by atoms with van der Waals surface area (Å²) in [4.78, 5) is 29.3. The van der Waals surface area contributed by atoms with E-state index in [1.807, 2.05) is 101 Å². The molecule has 0 aliphatic heterocycles. The fraction of sp³-hybridized carbons (Fsp3) is 0.355. The van der Waals surface area contributed by atoms with Crippen molar-refractivity contribution < 1.29 is 18.0 Å². The van der Waals surface area contributed by atoms with Gasteiger partial charge in [-0.15, -0.1) is 0 Å². The third-order valence-corrected chi connectivity index (χ3v) is 7.56. The number of aryl methyl sites for hydroxylation is 2. The molecule has 0 aliphatic rings. The molecule has 39 heavy (non-hydrogen) atoms. The number of anilines is 1. The summed E-state index contributed by atoms with van der Waals surface area (Å²) in [5.41, 5.74) is 3.56. The number of hydrogen-bond acceptors (Lipinski definition) is 4. The highest BCUT2D eigenvalue weighted by molar-refractivity contribution is 7.92. The molecule has 0 saturated heterocycles. The van der Waals surface area contributed by atoms with Gasteiger partial charge in [-0.1, -0.05) is 66.7 Å². The quantitative estimate of drug-likeness (QED) is 0.400. The summed E-state index contributed by atoms with van der Waals surface area (Å²) in [7, 11) is -3.80. The van der Waals surface area contributed by atoms with E-state index in [-0.39, 0.29) is 18.9 Å². The average molecular weight is 550 g/mol. The van der Waals surface area contributed by atoms with Crippen molar-refractivity contribution in [1.82, 2.24) is 10.2 Å². The van der Waals surface area contributed by atoms with Crippen molar-refractivity contribution in [2.75, 3.05) is 17.1 Å². The summed E-state index contributed by atoms with van der Waals surface area (Å²) in [5.74, 6) is -0.764. The Hall–Kier alpha value is -3.65. The van der Waals surface area contributed by atoms with Gasteiger partial charge < -0.3 is 10.2 Å². The van der Waals surface area contributed by atoms with E-state index in [1.165, 1.54) is 4.90 Å². The highest BCUT2D eigenvalue weighted by Crippen LogP contribution is 2.23. The van der Waals surface area contributed by atoms with E-state index in [0.717, 1.165) is 32.8 Å². The lowest BCUT2D eigenvalue weighted by molar-refractivity contribution is -0.140. The molecule has 208 valence electrons. The average Bonchev–Trinajstić information content (AvgIpc) is 2.86. The van der Waals surface area contributed by atoms with Crippen LogP contribution in [-0.2, 0) is 32.6 Å². The monoisotopic (exact) mass is 549 g/mol. The van der Waals surface area contributed by atoms with E-state index in [9.17, 15) is 18.0 Å². The molecule has 3 aromatic carbocycles. The number of sulfonamides is 1. The predicted octanol–water partition coefficient (Wildman–Crippen LogP) is 4.62.